The van der Waals surface area contributed by atoms with Crippen LogP contribution in [0.15, 0.2) is 41.3 Å². The van der Waals surface area contributed by atoms with Gasteiger partial charge in [0.15, 0.2) is 0 Å². The van der Waals surface area contributed by atoms with Gasteiger partial charge in [-0.15, -0.1) is 0 Å². The Bertz CT molecular complexity index is 1280. The molecule has 2 aromatic rings. The zero-order valence-electron chi connectivity index (χ0n) is 22.8. The number of carbonyl (C=O) groups is 2. The van der Waals surface area contributed by atoms with Crippen molar-refractivity contribution in [3.63, 3.8) is 0 Å². The fourth-order valence-corrected chi connectivity index (χ4v) is 7.29. The van der Waals surface area contributed by atoms with Gasteiger partial charge in [-0.1, -0.05) is 37.6 Å². The Morgan fingerprint density at radius 3 is 2.45 bits per heavy atom. The number of halogens is 1. The molecular weight excluding hydrogens is 524 g/mol. The van der Waals surface area contributed by atoms with Crippen molar-refractivity contribution in [2.75, 3.05) is 39.8 Å². The highest BCUT2D eigenvalue weighted by Gasteiger charge is 2.44. The van der Waals surface area contributed by atoms with Gasteiger partial charge in [0, 0.05) is 37.7 Å². The number of hydrogen-bond donors (Lipinski definition) is 0. The average Bonchev–Trinajstić information content (AvgIpc) is 3.30. The molecule has 0 radical (unpaired) electrons. The van der Waals surface area contributed by atoms with Crippen molar-refractivity contribution in [2.24, 2.45) is 0 Å². The third kappa shape index (κ3) is 5.71. The molecule has 2 saturated heterocycles. The van der Waals surface area contributed by atoms with Crippen LogP contribution in [-0.2, 0) is 19.6 Å². The Labute approximate surface area is 231 Å². The number of nitrogens with zero attached hydrogens (tertiary/aromatic N) is 4. The lowest BCUT2D eigenvalue weighted by Gasteiger charge is -2.41. The second kappa shape index (κ2) is 11.9. The van der Waals surface area contributed by atoms with Crippen molar-refractivity contribution in [1.29, 1.82) is 0 Å². The Morgan fingerprint density at radius 1 is 1.05 bits per heavy atom. The van der Waals surface area contributed by atoms with Crippen LogP contribution in [0.5, 0.6) is 0 Å². The quantitative estimate of drug-likeness (QED) is 0.464. The predicted molar refractivity (Wildman–Crippen MR) is 151 cm³/mol. The molecule has 10 heteroatoms. The van der Waals surface area contributed by atoms with Crippen LogP contribution in [0, 0.1) is 0 Å². The normalized spacial score (nSPS) is 21.6. The largest absolute Gasteiger partial charge is 0.337 e. The smallest absolute Gasteiger partial charge is 0.245 e. The van der Waals surface area contributed by atoms with Gasteiger partial charge in [0.1, 0.15) is 12.1 Å². The van der Waals surface area contributed by atoms with Crippen LogP contribution in [0.4, 0.5) is 0 Å². The van der Waals surface area contributed by atoms with Crippen molar-refractivity contribution >= 4 is 44.2 Å². The molecule has 2 amide bonds. The molecule has 2 heterocycles. The van der Waals surface area contributed by atoms with Crippen LogP contribution in [0.25, 0.3) is 10.8 Å². The summed E-state index contributed by atoms with van der Waals surface area (Å²) < 4.78 is 28.1. The zero-order chi connectivity index (χ0) is 27.6. The Hall–Kier alpha value is -2.20. The summed E-state index contributed by atoms with van der Waals surface area (Å²) in [6.07, 6.45) is 3.37. The van der Waals surface area contributed by atoms with E-state index in [1.54, 1.807) is 48.2 Å². The number of rotatable bonds is 9. The van der Waals surface area contributed by atoms with E-state index in [0.717, 1.165) is 54.0 Å². The number of likely N-dealkylation sites (tertiary alicyclic amines) is 2. The van der Waals surface area contributed by atoms with Crippen LogP contribution in [-0.4, -0.2) is 97.1 Å². The Balaban J connectivity index is 1.48. The number of sulfonamides is 1. The first-order valence-electron chi connectivity index (χ1n) is 13.6. The molecule has 1 unspecified atom stereocenters. The van der Waals surface area contributed by atoms with Crippen molar-refractivity contribution in [1.82, 2.24) is 19.0 Å². The molecular formula is C28H39ClN4O4S. The zero-order valence-corrected chi connectivity index (χ0v) is 24.3. The van der Waals surface area contributed by atoms with Gasteiger partial charge >= 0.3 is 0 Å². The molecule has 208 valence electrons. The maximum atomic E-state index is 13.6. The fraction of sp³-hybridized carbons (Fsp3) is 0.571. The number of carbonyl (C=O) groups excluding carboxylic acids is 2. The van der Waals surface area contributed by atoms with E-state index in [4.69, 9.17) is 11.6 Å². The van der Waals surface area contributed by atoms with E-state index in [2.05, 4.69) is 18.7 Å². The molecule has 0 aromatic heterocycles. The summed E-state index contributed by atoms with van der Waals surface area (Å²) in [5.74, 6) is -0.364. The van der Waals surface area contributed by atoms with E-state index >= 15 is 0 Å². The summed E-state index contributed by atoms with van der Waals surface area (Å²) in [6, 6.07) is 8.80. The van der Waals surface area contributed by atoms with E-state index in [9.17, 15) is 18.0 Å². The van der Waals surface area contributed by atoms with Crippen LogP contribution >= 0.6 is 11.6 Å². The van der Waals surface area contributed by atoms with Gasteiger partial charge in [-0.25, -0.2) is 8.42 Å². The van der Waals surface area contributed by atoms with E-state index in [1.807, 2.05) is 4.90 Å². The van der Waals surface area contributed by atoms with Crippen LogP contribution in [0.2, 0.25) is 5.02 Å². The summed E-state index contributed by atoms with van der Waals surface area (Å²) in [6.45, 7) is 9.77. The third-order valence-corrected chi connectivity index (χ3v) is 10.3. The minimum Gasteiger partial charge on any atom is -0.337 e. The predicted octanol–water partition coefficient (Wildman–Crippen LogP) is 3.83. The second-order valence-corrected chi connectivity index (χ2v) is 12.8. The molecule has 3 atom stereocenters. The molecule has 4 rings (SSSR count). The number of benzene rings is 2. The second-order valence-electron chi connectivity index (χ2n) is 10.4. The molecule has 0 N–H and O–H groups in total. The lowest BCUT2D eigenvalue weighted by atomic mass is 10.00. The first-order chi connectivity index (χ1) is 18.1. The molecule has 2 aromatic carbocycles. The number of hydrogen-bond acceptors (Lipinski definition) is 5. The highest BCUT2D eigenvalue weighted by atomic mass is 35.5. The van der Waals surface area contributed by atoms with Crippen LogP contribution in [0.1, 0.15) is 46.5 Å². The van der Waals surface area contributed by atoms with E-state index in [-0.39, 0.29) is 22.8 Å². The number of piperidine rings is 1. The summed E-state index contributed by atoms with van der Waals surface area (Å²) in [5, 5.41) is 2.17. The molecule has 0 spiro atoms. The maximum absolute atomic E-state index is 13.6. The standard InChI is InChI=1S/C28H39ClN4O4S/c1-5-31(6-2)19-24-9-7-8-15-33(24)27(34)20(3)32-16-14-26(28(32)35)30(4)38(36,37)25-13-11-21-17-23(29)12-10-22(21)18-25/h10-13,17-18,20,24,26H,5-9,14-16,19H2,1-4H3/t20-,24?,26+/m1/s1. The Morgan fingerprint density at radius 2 is 1.74 bits per heavy atom. The monoisotopic (exact) mass is 562 g/mol. The van der Waals surface area contributed by atoms with Gasteiger partial charge in [0.05, 0.1) is 4.90 Å². The first-order valence-corrected chi connectivity index (χ1v) is 15.4. The molecule has 2 aliphatic rings. The topological polar surface area (TPSA) is 81.2 Å². The first kappa shape index (κ1) is 28.8. The summed E-state index contributed by atoms with van der Waals surface area (Å²) in [5.41, 5.74) is 0. The SMILES string of the molecule is CCN(CC)CC1CCCCN1C(=O)[C@@H](C)N1CC[C@H](N(C)S(=O)(=O)c2ccc3cc(Cl)ccc3c2)C1=O. The molecule has 8 nitrogen and oxygen atoms in total. The van der Waals surface area contributed by atoms with E-state index in [1.165, 1.54) is 7.05 Å². The summed E-state index contributed by atoms with van der Waals surface area (Å²) in [4.78, 5) is 33.1. The Kier molecular flexibility index (Phi) is 9.02. The van der Waals surface area contributed by atoms with Gasteiger partial charge in [-0.2, -0.15) is 4.31 Å². The van der Waals surface area contributed by atoms with Gasteiger partial charge in [0.2, 0.25) is 21.8 Å². The highest BCUT2D eigenvalue weighted by molar-refractivity contribution is 7.89. The minimum absolute atomic E-state index is 0.0467. The summed E-state index contributed by atoms with van der Waals surface area (Å²) in [7, 11) is -2.47. The lowest BCUT2D eigenvalue weighted by molar-refractivity contribution is -0.146. The molecule has 0 aliphatic carbocycles. The fourth-order valence-electron chi connectivity index (χ4n) is 5.73. The highest BCUT2D eigenvalue weighted by Crippen LogP contribution is 2.29. The molecule has 38 heavy (non-hydrogen) atoms. The number of amides is 2. The molecule has 0 saturated carbocycles. The van der Waals surface area contributed by atoms with Gasteiger partial charge in [-0.3, -0.25) is 9.59 Å². The van der Waals surface area contributed by atoms with Gasteiger partial charge in [-0.05, 0) is 80.7 Å². The van der Waals surface area contributed by atoms with Crippen LogP contribution in [0.3, 0.4) is 0 Å². The molecule has 2 fully saturated rings. The van der Waals surface area contributed by atoms with E-state index < -0.39 is 22.1 Å². The van der Waals surface area contributed by atoms with E-state index in [0.29, 0.717) is 24.5 Å². The lowest BCUT2D eigenvalue weighted by Crippen LogP contribution is -2.56. The van der Waals surface area contributed by atoms with Crippen molar-refractivity contribution < 1.29 is 18.0 Å². The third-order valence-electron chi connectivity index (χ3n) is 8.20. The number of fused-ring (bicyclic) bond motifs is 1. The minimum atomic E-state index is -3.92. The van der Waals surface area contributed by atoms with Gasteiger partial charge in [0.25, 0.3) is 0 Å². The molecule has 2 aliphatic heterocycles. The maximum Gasteiger partial charge on any atom is 0.245 e. The van der Waals surface area contributed by atoms with Crippen LogP contribution < -0.4 is 0 Å². The van der Waals surface area contributed by atoms with Gasteiger partial charge < -0.3 is 14.7 Å². The van der Waals surface area contributed by atoms with Crippen molar-refractivity contribution in [2.45, 2.75) is 69.5 Å². The average molecular weight is 563 g/mol. The van der Waals surface area contributed by atoms with Crippen molar-refractivity contribution in [3.8, 4) is 0 Å². The van der Waals surface area contributed by atoms with Crippen molar-refractivity contribution in [3.05, 3.63) is 41.4 Å². The number of likely N-dealkylation sites (N-methyl/N-ethyl adjacent to an activating group) is 2. The summed E-state index contributed by atoms with van der Waals surface area (Å²) >= 11 is 6.06. The molecule has 0 bridgehead atoms.